The monoisotopic (exact) mass is 395 g/mol. The van der Waals surface area contributed by atoms with Gasteiger partial charge in [0.1, 0.15) is 5.69 Å². The molecule has 0 radical (unpaired) electrons. The van der Waals surface area contributed by atoms with Gasteiger partial charge in [0, 0.05) is 22.9 Å². The Morgan fingerprint density at radius 1 is 1.08 bits per heavy atom. The third-order valence-electron chi connectivity index (χ3n) is 3.72. The second kappa shape index (κ2) is 7.94. The van der Waals surface area contributed by atoms with Crippen LogP contribution in [0.5, 0.6) is 0 Å². The van der Waals surface area contributed by atoms with Crippen molar-refractivity contribution in [2.24, 2.45) is 0 Å². The van der Waals surface area contributed by atoms with E-state index in [-0.39, 0.29) is 5.91 Å². The predicted molar refractivity (Wildman–Crippen MR) is 104 cm³/mol. The Morgan fingerprint density at radius 3 is 2.60 bits per heavy atom. The van der Waals surface area contributed by atoms with E-state index in [2.05, 4.69) is 31.5 Å². The van der Waals surface area contributed by atoms with Crippen molar-refractivity contribution >= 4 is 33.2 Å². The van der Waals surface area contributed by atoms with Crippen molar-refractivity contribution in [2.45, 2.75) is 13.5 Å². The van der Waals surface area contributed by atoms with Crippen LogP contribution in [0, 0.1) is 6.92 Å². The second-order valence-corrected chi connectivity index (χ2v) is 6.56. The number of aromatic nitrogens is 1. The SMILES string of the molecule is Cc1ccc(CNC(=O)c2cc(Nc3ccccc3Br)ccn2)cc1. The average Bonchev–Trinajstić information content (AvgIpc) is 2.63. The van der Waals surface area contributed by atoms with E-state index in [1.165, 1.54) is 5.56 Å². The van der Waals surface area contributed by atoms with E-state index in [1.54, 1.807) is 12.3 Å². The number of carbonyl (C=O) groups is 1. The molecule has 4 nitrogen and oxygen atoms in total. The van der Waals surface area contributed by atoms with Gasteiger partial charge in [-0.05, 0) is 52.7 Å². The molecule has 0 fully saturated rings. The lowest BCUT2D eigenvalue weighted by atomic mass is 10.1. The van der Waals surface area contributed by atoms with E-state index in [0.29, 0.717) is 12.2 Å². The summed E-state index contributed by atoms with van der Waals surface area (Å²) in [5, 5.41) is 6.18. The first kappa shape index (κ1) is 17.2. The quantitative estimate of drug-likeness (QED) is 0.650. The maximum absolute atomic E-state index is 12.3. The molecule has 1 heterocycles. The number of nitrogens with one attached hydrogen (secondary N) is 2. The molecule has 0 saturated carbocycles. The van der Waals surface area contributed by atoms with Crippen molar-refractivity contribution in [2.75, 3.05) is 5.32 Å². The third-order valence-corrected chi connectivity index (χ3v) is 4.41. The number of nitrogens with zero attached hydrogens (tertiary/aromatic N) is 1. The first-order valence-electron chi connectivity index (χ1n) is 7.93. The van der Waals surface area contributed by atoms with E-state index < -0.39 is 0 Å². The summed E-state index contributed by atoms with van der Waals surface area (Å²) in [5.74, 6) is -0.198. The number of carbonyl (C=O) groups excluding carboxylic acids is 1. The molecule has 0 atom stereocenters. The molecule has 0 saturated heterocycles. The number of hydrogen-bond acceptors (Lipinski definition) is 3. The summed E-state index contributed by atoms with van der Waals surface area (Å²) in [6, 6.07) is 19.5. The number of para-hydroxylation sites is 1. The minimum absolute atomic E-state index is 0.198. The molecule has 3 rings (SSSR count). The van der Waals surface area contributed by atoms with Crippen LogP contribution < -0.4 is 10.6 Å². The van der Waals surface area contributed by atoms with Gasteiger partial charge >= 0.3 is 0 Å². The Balaban J connectivity index is 1.67. The summed E-state index contributed by atoms with van der Waals surface area (Å²) in [4.78, 5) is 16.5. The van der Waals surface area contributed by atoms with Crippen molar-refractivity contribution in [3.8, 4) is 0 Å². The van der Waals surface area contributed by atoms with Crippen LogP contribution in [0.4, 0.5) is 11.4 Å². The maximum atomic E-state index is 12.3. The van der Waals surface area contributed by atoms with Crippen LogP contribution in [0.25, 0.3) is 0 Å². The first-order valence-corrected chi connectivity index (χ1v) is 8.72. The fourth-order valence-corrected chi connectivity index (χ4v) is 2.71. The van der Waals surface area contributed by atoms with Crippen LogP contribution in [0.15, 0.2) is 71.3 Å². The van der Waals surface area contributed by atoms with Crippen LogP contribution in [-0.4, -0.2) is 10.9 Å². The molecule has 0 bridgehead atoms. The van der Waals surface area contributed by atoms with Gasteiger partial charge in [-0.3, -0.25) is 9.78 Å². The molecular formula is C20H18BrN3O. The highest BCUT2D eigenvalue weighted by molar-refractivity contribution is 9.10. The summed E-state index contributed by atoms with van der Waals surface area (Å²) in [6.07, 6.45) is 1.62. The lowest BCUT2D eigenvalue weighted by Gasteiger charge is -2.10. The van der Waals surface area contributed by atoms with Gasteiger partial charge in [-0.1, -0.05) is 42.0 Å². The third kappa shape index (κ3) is 4.67. The molecule has 5 heteroatoms. The number of hydrogen-bond donors (Lipinski definition) is 2. The predicted octanol–water partition coefficient (Wildman–Crippen LogP) is 4.83. The number of rotatable bonds is 5. The number of pyridine rings is 1. The molecular weight excluding hydrogens is 378 g/mol. The first-order chi connectivity index (χ1) is 12.1. The molecule has 0 aliphatic rings. The highest BCUT2D eigenvalue weighted by atomic mass is 79.9. The van der Waals surface area contributed by atoms with Crippen LogP contribution in [-0.2, 0) is 6.54 Å². The number of aryl methyl sites for hydroxylation is 1. The van der Waals surface area contributed by atoms with Gasteiger partial charge < -0.3 is 10.6 Å². The van der Waals surface area contributed by atoms with Crippen LogP contribution >= 0.6 is 15.9 Å². The Labute approximate surface area is 155 Å². The molecule has 0 spiro atoms. The molecule has 0 aliphatic carbocycles. The summed E-state index contributed by atoms with van der Waals surface area (Å²) < 4.78 is 0.956. The molecule has 0 unspecified atom stereocenters. The van der Waals surface area contributed by atoms with E-state index in [1.807, 2.05) is 61.5 Å². The van der Waals surface area contributed by atoms with Crippen LogP contribution in [0.1, 0.15) is 21.6 Å². The number of halogens is 1. The molecule has 126 valence electrons. The van der Waals surface area contributed by atoms with Gasteiger partial charge in [0.05, 0.1) is 5.69 Å². The van der Waals surface area contributed by atoms with Gasteiger partial charge in [-0.15, -0.1) is 0 Å². The zero-order chi connectivity index (χ0) is 17.6. The molecule has 1 aromatic heterocycles. The van der Waals surface area contributed by atoms with Crippen molar-refractivity contribution in [3.05, 3.63) is 88.2 Å². The lowest BCUT2D eigenvalue weighted by Crippen LogP contribution is -2.23. The average molecular weight is 396 g/mol. The molecule has 2 aromatic carbocycles. The van der Waals surface area contributed by atoms with Gasteiger partial charge in [0.2, 0.25) is 0 Å². The normalized spacial score (nSPS) is 10.3. The Kier molecular flexibility index (Phi) is 5.46. The Bertz CT molecular complexity index is 878. The van der Waals surface area contributed by atoms with Crippen molar-refractivity contribution < 1.29 is 4.79 Å². The minimum Gasteiger partial charge on any atom is -0.354 e. The van der Waals surface area contributed by atoms with Gasteiger partial charge in [0.25, 0.3) is 5.91 Å². The maximum Gasteiger partial charge on any atom is 0.270 e. The fraction of sp³-hybridized carbons (Fsp3) is 0.100. The Morgan fingerprint density at radius 2 is 1.84 bits per heavy atom. The molecule has 2 N–H and O–H groups in total. The van der Waals surface area contributed by atoms with Gasteiger partial charge in [-0.2, -0.15) is 0 Å². The largest absolute Gasteiger partial charge is 0.354 e. The van der Waals surface area contributed by atoms with Crippen molar-refractivity contribution in [3.63, 3.8) is 0 Å². The number of anilines is 2. The minimum atomic E-state index is -0.198. The fourth-order valence-electron chi connectivity index (χ4n) is 2.33. The number of amides is 1. The van der Waals surface area contributed by atoms with E-state index in [9.17, 15) is 4.79 Å². The van der Waals surface area contributed by atoms with Gasteiger partial charge in [0.15, 0.2) is 0 Å². The number of benzene rings is 2. The second-order valence-electron chi connectivity index (χ2n) is 5.70. The lowest BCUT2D eigenvalue weighted by molar-refractivity contribution is 0.0946. The Hall–Kier alpha value is -2.66. The van der Waals surface area contributed by atoms with Crippen LogP contribution in [0.2, 0.25) is 0 Å². The van der Waals surface area contributed by atoms with Gasteiger partial charge in [-0.25, -0.2) is 0 Å². The van der Waals surface area contributed by atoms with E-state index in [0.717, 1.165) is 21.4 Å². The summed E-state index contributed by atoms with van der Waals surface area (Å²) in [5.41, 5.74) is 4.37. The highest BCUT2D eigenvalue weighted by Crippen LogP contribution is 2.25. The van der Waals surface area contributed by atoms with E-state index >= 15 is 0 Å². The summed E-state index contributed by atoms with van der Waals surface area (Å²) >= 11 is 3.50. The zero-order valence-electron chi connectivity index (χ0n) is 13.8. The smallest absolute Gasteiger partial charge is 0.270 e. The van der Waals surface area contributed by atoms with Crippen LogP contribution in [0.3, 0.4) is 0 Å². The zero-order valence-corrected chi connectivity index (χ0v) is 15.4. The summed E-state index contributed by atoms with van der Waals surface area (Å²) in [7, 11) is 0. The highest BCUT2D eigenvalue weighted by Gasteiger charge is 2.08. The summed E-state index contributed by atoms with van der Waals surface area (Å²) in [6.45, 7) is 2.51. The molecule has 3 aromatic rings. The molecule has 0 aliphatic heterocycles. The van der Waals surface area contributed by atoms with Crippen molar-refractivity contribution in [1.29, 1.82) is 0 Å². The van der Waals surface area contributed by atoms with E-state index in [4.69, 9.17) is 0 Å². The topological polar surface area (TPSA) is 54.0 Å². The van der Waals surface area contributed by atoms with Crippen molar-refractivity contribution in [1.82, 2.24) is 10.3 Å². The molecule has 1 amide bonds. The standard InChI is InChI=1S/C20H18BrN3O/c1-14-6-8-15(9-7-14)13-23-20(25)19-12-16(10-11-22-19)24-18-5-3-2-4-17(18)21/h2-12H,13H2,1H3,(H,22,24)(H,23,25). The molecule has 25 heavy (non-hydrogen) atoms.